The first-order chi connectivity index (χ1) is 10.6. The first kappa shape index (κ1) is 15.0. The minimum Gasteiger partial charge on any atom is -0.247 e. The summed E-state index contributed by atoms with van der Waals surface area (Å²) in [7, 11) is -1.12. The lowest BCUT2D eigenvalue weighted by Crippen LogP contribution is -1.83. The van der Waals surface area contributed by atoms with Gasteiger partial charge in [0.25, 0.3) is 0 Å². The highest BCUT2D eigenvalue weighted by molar-refractivity contribution is 9.10. The van der Waals surface area contributed by atoms with Crippen molar-refractivity contribution in [1.82, 2.24) is 0 Å². The Bertz CT molecular complexity index is 950. The van der Waals surface area contributed by atoms with E-state index in [1.165, 1.54) is 0 Å². The van der Waals surface area contributed by atoms with Crippen LogP contribution < -0.4 is 0 Å². The monoisotopic (exact) mass is 470 g/mol. The van der Waals surface area contributed by atoms with Gasteiger partial charge in [-0.15, -0.1) is 22.7 Å². The van der Waals surface area contributed by atoms with Gasteiger partial charge in [0.05, 0.1) is 8.42 Å². The predicted molar refractivity (Wildman–Crippen MR) is 104 cm³/mol. The lowest BCUT2D eigenvalue weighted by Gasteiger charge is -1.92. The summed E-state index contributed by atoms with van der Waals surface area (Å²) in [5.41, 5.74) is 0. The van der Waals surface area contributed by atoms with Gasteiger partial charge in [0, 0.05) is 18.3 Å². The molecule has 2 heterocycles. The summed E-state index contributed by atoms with van der Waals surface area (Å²) in [6.45, 7) is 0. The largest absolute Gasteiger partial charge is 0.247 e. The third-order valence-electron chi connectivity index (χ3n) is 3.28. The van der Waals surface area contributed by atoms with Crippen LogP contribution in [-0.2, 0) is 10.8 Å². The van der Waals surface area contributed by atoms with Gasteiger partial charge in [-0.25, -0.2) is 4.21 Å². The van der Waals surface area contributed by atoms with Gasteiger partial charge < -0.3 is 0 Å². The summed E-state index contributed by atoms with van der Waals surface area (Å²) in [6.07, 6.45) is 0. The molecule has 0 aliphatic rings. The molecular formula is C16H8Br2OS3. The molecular weight excluding hydrogens is 464 g/mol. The minimum absolute atomic E-state index is 0.902. The van der Waals surface area contributed by atoms with Crippen LogP contribution in [0.1, 0.15) is 0 Å². The highest BCUT2D eigenvalue weighted by Crippen LogP contribution is 2.36. The number of rotatable bonds is 2. The van der Waals surface area contributed by atoms with E-state index in [-0.39, 0.29) is 0 Å². The molecule has 0 spiro atoms. The van der Waals surface area contributed by atoms with Crippen LogP contribution in [0.25, 0.3) is 20.2 Å². The van der Waals surface area contributed by atoms with E-state index in [0.29, 0.717) is 0 Å². The molecule has 4 rings (SSSR count). The first-order valence-corrected chi connectivity index (χ1v) is 10.8. The van der Waals surface area contributed by atoms with Gasteiger partial charge in [0.1, 0.15) is 10.8 Å². The third kappa shape index (κ3) is 2.71. The van der Waals surface area contributed by atoms with Crippen molar-refractivity contribution in [2.45, 2.75) is 8.42 Å². The quantitative estimate of drug-likeness (QED) is 0.314. The van der Waals surface area contributed by atoms with E-state index in [2.05, 4.69) is 56.1 Å². The van der Waals surface area contributed by atoms with Crippen LogP contribution in [0, 0.1) is 0 Å². The molecule has 2 aromatic heterocycles. The zero-order valence-electron chi connectivity index (χ0n) is 11.0. The molecule has 0 amide bonds. The van der Waals surface area contributed by atoms with Crippen molar-refractivity contribution in [3.05, 3.63) is 57.5 Å². The van der Waals surface area contributed by atoms with Gasteiger partial charge in [-0.1, -0.05) is 44.0 Å². The fourth-order valence-corrected chi connectivity index (χ4v) is 7.44. The maximum Gasteiger partial charge on any atom is 0.105 e. The standard InChI is InChI=1S/C16H8Br2OS3/c17-11-3-1-9-5-15(20-13(9)7-11)22(19)16-6-10-2-4-12(18)8-14(10)21-16/h1-8H. The average Bonchev–Trinajstić information content (AvgIpc) is 3.08. The molecule has 0 N–H and O–H groups in total. The summed E-state index contributed by atoms with van der Waals surface area (Å²) >= 11 is 10.2. The van der Waals surface area contributed by atoms with Gasteiger partial charge in [0.15, 0.2) is 0 Å². The lowest BCUT2D eigenvalue weighted by atomic mass is 10.3. The fourth-order valence-electron chi connectivity index (χ4n) is 2.24. The Kier molecular flexibility index (Phi) is 3.98. The summed E-state index contributed by atoms with van der Waals surface area (Å²) in [5.74, 6) is 0. The van der Waals surface area contributed by atoms with Gasteiger partial charge in [-0.3, -0.25) is 0 Å². The zero-order valence-corrected chi connectivity index (χ0v) is 16.6. The van der Waals surface area contributed by atoms with Crippen LogP contribution in [0.5, 0.6) is 0 Å². The molecule has 0 aliphatic heterocycles. The molecule has 4 aromatic rings. The summed E-state index contributed by atoms with van der Waals surface area (Å²) < 4.78 is 19.1. The Labute approximate surface area is 154 Å². The maximum atomic E-state index is 12.9. The van der Waals surface area contributed by atoms with Crippen LogP contribution >= 0.6 is 54.5 Å². The van der Waals surface area contributed by atoms with Crippen molar-refractivity contribution in [2.24, 2.45) is 0 Å². The van der Waals surface area contributed by atoms with E-state index < -0.39 is 10.8 Å². The van der Waals surface area contributed by atoms with Crippen molar-refractivity contribution in [3.63, 3.8) is 0 Å². The minimum atomic E-state index is -1.12. The van der Waals surface area contributed by atoms with Gasteiger partial charge in [-0.2, -0.15) is 0 Å². The van der Waals surface area contributed by atoms with E-state index in [1.807, 2.05) is 24.3 Å². The number of hydrogen-bond donors (Lipinski definition) is 0. The molecule has 0 saturated heterocycles. The van der Waals surface area contributed by atoms with Crippen molar-refractivity contribution >= 4 is 85.5 Å². The van der Waals surface area contributed by atoms with Gasteiger partial charge in [-0.05, 0) is 47.2 Å². The summed E-state index contributed by atoms with van der Waals surface area (Å²) in [4.78, 5) is 0. The third-order valence-corrected chi connectivity index (χ3v) is 8.43. The lowest BCUT2D eigenvalue weighted by molar-refractivity contribution is 0.686. The predicted octanol–water partition coefficient (Wildman–Crippen LogP) is 6.81. The van der Waals surface area contributed by atoms with E-state index in [4.69, 9.17) is 0 Å². The number of thiophene rings is 2. The average molecular weight is 472 g/mol. The Morgan fingerprint density at radius 2 is 1.18 bits per heavy atom. The van der Waals surface area contributed by atoms with E-state index in [0.717, 1.165) is 37.5 Å². The Hall–Kier alpha value is -0.530. The smallest absolute Gasteiger partial charge is 0.105 e. The van der Waals surface area contributed by atoms with Gasteiger partial charge >= 0.3 is 0 Å². The summed E-state index contributed by atoms with van der Waals surface area (Å²) in [5, 5.41) is 2.28. The van der Waals surface area contributed by atoms with Crippen molar-refractivity contribution in [2.75, 3.05) is 0 Å². The Morgan fingerprint density at radius 1 is 0.727 bits per heavy atom. The molecule has 0 unspecified atom stereocenters. The van der Waals surface area contributed by atoms with Crippen LogP contribution in [0.3, 0.4) is 0 Å². The van der Waals surface area contributed by atoms with Crippen LogP contribution in [-0.4, -0.2) is 4.21 Å². The Balaban J connectivity index is 1.80. The molecule has 22 heavy (non-hydrogen) atoms. The van der Waals surface area contributed by atoms with E-state index in [9.17, 15) is 4.21 Å². The number of halogens is 2. The van der Waals surface area contributed by atoms with E-state index >= 15 is 0 Å². The Morgan fingerprint density at radius 3 is 1.64 bits per heavy atom. The topological polar surface area (TPSA) is 17.1 Å². The molecule has 0 radical (unpaired) electrons. The molecule has 1 nitrogen and oxygen atoms in total. The normalized spacial score (nSPS) is 11.8. The number of benzene rings is 2. The molecule has 110 valence electrons. The highest BCUT2D eigenvalue weighted by atomic mass is 79.9. The number of fused-ring (bicyclic) bond motifs is 2. The molecule has 0 bridgehead atoms. The van der Waals surface area contributed by atoms with Gasteiger partial charge in [0.2, 0.25) is 0 Å². The molecule has 6 heteroatoms. The van der Waals surface area contributed by atoms with Crippen molar-refractivity contribution < 1.29 is 4.21 Å². The highest BCUT2D eigenvalue weighted by Gasteiger charge is 2.14. The second-order valence-corrected chi connectivity index (χ2v) is 10.7. The molecule has 0 atom stereocenters. The fraction of sp³-hybridized carbons (Fsp3) is 0. The summed E-state index contributed by atoms with van der Waals surface area (Å²) in [6, 6.07) is 16.3. The molecule has 0 saturated carbocycles. The van der Waals surface area contributed by atoms with Crippen molar-refractivity contribution in [1.29, 1.82) is 0 Å². The van der Waals surface area contributed by atoms with Crippen LogP contribution in [0.2, 0.25) is 0 Å². The van der Waals surface area contributed by atoms with Crippen LogP contribution in [0.4, 0.5) is 0 Å². The van der Waals surface area contributed by atoms with Crippen LogP contribution in [0.15, 0.2) is 65.9 Å². The first-order valence-electron chi connectivity index (χ1n) is 6.40. The molecule has 2 aromatic carbocycles. The zero-order chi connectivity index (χ0) is 15.3. The maximum absolute atomic E-state index is 12.9. The number of hydrogen-bond acceptors (Lipinski definition) is 3. The van der Waals surface area contributed by atoms with Crippen molar-refractivity contribution in [3.8, 4) is 0 Å². The second kappa shape index (κ2) is 5.83. The second-order valence-electron chi connectivity index (χ2n) is 4.76. The molecule has 0 fully saturated rings. The SMILES string of the molecule is O=S(c1cc2ccc(Br)cc2s1)c1cc2ccc(Br)cc2s1. The molecule has 0 aliphatic carbocycles. The van der Waals surface area contributed by atoms with E-state index in [1.54, 1.807) is 22.7 Å².